The Morgan fingerprint density at radius 3 is 2.59 bits per heavy atom. The lowest BCUT2D eigenvalue weighted by Gasteiger charge is -2.29. The number of hydrogen-bond donors (Lipinski definition) is 1. The molecule has 0 aliphatic heterocycles. The highest BCUT2D eigenvalue weighted by Crippen LogP contribution is 2.26. The Morgan fingerprint density at radius 1 is 1.26 bits per heavy atom. The molecule has 5 heteroatoms. The van der Waals surface area contributed by atoms with E-state index in [9.17, 15) is 10.1 Å². The van der Waals surface area contributed by atoms with Crippen molar-refractivity contribution in [2.24, 2.45) is 5.92 Å². The molecule has 5 nitrogen and oxygen atoms in total. The summed E-state index contributed by atoms with van der Waals surface area (Å²) in [5, 5.41) is 12.3. The standard InChI is InChI=1S/C22H34N2O3/c1-6-8-9-12-22(5,27-13-7-2)21(25)24-19-10-11-20(18(14-19)15-23)26-16-17(3)4/h10-11,14,17H,6-9,12-13,16H2,1-5H3,(H,24,25). The molecule has 27 heavy (non-hydrogen) atoms. The highest BCUT2D eigenvalue weighted by atomic mass is 16.5. The van der Waals surface area contributed by atoms with E-state index in [4.69, 9.17) is 9.47 Å². The fourth-order valence-electron chi connectivity index (χ4n) is 2.63. The zero-order chi connectivity index (χ0) is 20.3. The van der Waals surface area contributed by atoms with Crippen LogP contribution in [0, 0.1) is 17.2 Å². The fraction of sp³-hybridized carbons (Fsp3) is 0.636. The topological polar surface area (TPSA) is 71.3 Å². The molecule has 0 aromatic heterocycles. The van der Waals surface area contributed by atoms with Crippen LogP contribution in [0.4, 0.5) is 5.69 Å². The molecule has 1 aromatic rings. The van der Waals surface area contributed by atoms with Crippen LogP contribution >= 0.6 is 0 Å². The van der Waals surface area contributed by atoms with Crippen LogP contribution in [0.1, 0.15) is 72.3 Å². The lowest BCUT2D eigenvalue weighted by Crippen LogP contribution is -2.43. The van der Waals surface area contributed by atoms with Crippen LogP contribution in [-0.4, -0.2) is 24.7 Å². The number of nitrogens with one attached hydrogen (secondary N) is 1. The number of rotatable bonds is 12. The Labute approximate surface area is 164 Å². The summed E-state index contributed by atoms with van der Waals surface area (Å²) in [7, 11) is 0. The van der Waals surface area contributed by atoms with Gasteiger partial charge in [-0.25, -0.2) is 0 Å². The zero-order valence-corrected chi connectivity index (χ0v) is 17.4. The van der Waals surface area contributed by atoms with Crippen molar-refractivity contribution in [3.63, 3.8) is 0 Å². The summed E-state index contributed by atoms with van der Waals surface area (Å²) in [6.07, 6.45) is 4.63. The smallest absolute Gasteiger partial charge is 0.256 e. The molecule has 0 bridgehead atoms. The van der Waals surface area contributed by atoms with Gasteiger partial charge in [0.1, 0.15) is 17.4 Å². The Bertz CT molecular complexity index is 637. The molecule has 1 rings (SSSR count). The maximum atomic E-state index is 12.9. The molecule has 0 aliphatic carbocycles. The minimum absolute atomic E-state index is 0.174. The van der Waals surface area contributed by atoms with E-state index >= 15 is 0 Å². The van der Waals surface area contributed by atoms with Gasteiger partial charge in [-0.15, -0.1) is 0 Å². The van der Waals surface area contributed by atoms with Gasteiger partial charge in [0.2, 0.25) is 0 Å². The van der Waals surface area contributed by atoms with Crippen molar-refractivity contribution < 1.29 is 14.3 Å². The summed E-state index contributed by atoms with van der Waals surface area (Å²) in [6.45, 7) is 11.2. The summed E-state index contributed by atoms with van der Waals surface area (Å²) in [4.78, 5) is 12.9. The van der Waals surface area contributed by atoms with Gasteiger partial charge in [-0.05, 0) is 43.9 Å². The molecule has 0 spiro atoms. The minimum atomic E-state index is -0.870. The van der Waals surface area contributed by atoms with E-state index < -0.39 is 5.60 Å². The third kappa shape index (κ3) is 7.60. The Kier molecular flexibility index (Phi) is 9.88. The van der Waals surface area contributed by atoms with Gasteiger partial charge in [0.15, 0.2) is 0 Å². The number of nitriles is 1. The molecule has 150 valence electrons. The van der Waals surface area contributed by atoms with Crippen LogP contribution in [0.25, 0.3) is 0 Å². The van der Waals surface area contributed by atoms with Crippen LogP contribution < -0.4 is 10.1 Å². The van der Waals surface area contributed by atoms with Gasteiger partial charge in [-0.2, -0.15) is 5.26 Å². The van der Waals surface area contributed by atoms with Crippen LogP contribution in [-0.2, 0) is 9.53 Å². The number of nitrogens with zero attached hydrogens (tertiary/aromatic N) is 1. The number of anilines is 1. The lowest BCUT2D eigenvalue weighted by molar-refractivity contribution is -0.140. The first-order chi connectivity index (χ1) is 12.9. The molecule has 1 N–H and O–H groups in total. The van der Waals surface area contributed by atoms with Gasteiger partial charge in [-0.3, -0.25) is 4.79 Å². The third-order valence-electron chi connectivity index (χ3n) is 4.29. The van der Waals surface area contributed by atoms with E-state index in [0.717, 1.165) is 25.7 Å². The van der Waals surface area contributed by atoms with Crippen molar-refractivity contribution in [3.8, 4) is 11.8 Å². The van der Waals surface area contributed by atoms with Crippen molar-refractivity contribution in [3.05, 3.63) is 23.8 Å². The molecule has 0 saturated carbocycles. The average Bonchev–Trinajstić information content (AvgIpc) is 2.65. The van der Waals surface area contributed by atoms with Gasteiger partial charge in [0.25, 0.3) is 5.91 Å². The highest BCUT2D eigenvalue weighted by molar-refractivity contribution is 5.97. The van der Waals surface area contributed by atoms with Gasteiger partial charge in [0.05, 0.1) is 12.2 Å². The quantitative estimate of drug-likeness (QED) is 0.504. The molecular formula is C22H34N2O3. The van der Waals surface area contributed by atoms with E-state index in [1.165, 1.54) is 0 Å². The maximum Gasteiger partial charge on any atom is 0.256 e. The molecule has 0 heterocycles. The van der Waals surface area contributed by atoms with E-state index in [-0.39, 0.29) is 5.91 Å². The summed E-state index contributed by atoms with van der Waals surface area (Å²) >= 11 is 0. The maximum absolute atomic E-state index is 12.9. The molecule has 1 unspecified atom stereocenters. The predicted molar refractivity (Wildman–Crippen MR) is 109 cm³/mol. The first-order valence-corrected chi connectivity index (χ1v) is 9.98. The lowest BCUT2D eigenvalue weighted by atomic mass is 9.96. The van der Waals surface area contributed by atoms with E-state index in [1.54, 1.807) is 18.2 Å². The van der Waals surface area contributed by atoms with Crippen LogP contribution in [0.3, 0.4) is 0 Å². The second-order valence-corrected chi connectivity index (χ2v) is 7.52. The van der Waals surface area contributed by atoms with E-state index in [2.05, 4.69) is 32.2 Å². The largest absolute Gasteiger partial charge is 0.492 e. The molecule has 0 fully saturated rings. The summed E-state index contributed by atoms with van der Waals surface area (Å²) in [5.74, 6) is 0.736. The second-order valence-electron chi connectivity index (χ2n) is 7.52. The number of benzene rings is 1. The number of hydrogen-bond acceptors (Lipinski definition) is 4. The summed E-state index contributed by atoms with van der Waals surface area (Å²) < 4.78 is 11.6. The van der Waals surface area contributed by atoms with Crippen LogP contribution in [0.2, 0.25) is 0 Å². The van der Waals surface area contributed by atoms with E-state index in [1.807, 2.05) is 13.8 Å². The molecule has 1 amide bonds. The predicted octanol–water partition coefficient (Wildman–Crippen LogP) is 5.30. The van der Waals surface area contributed by atoms with Crippen molar-refractivity contribution >= 4 is 11.6 Å². The van der Waals surface area contributed by atoms with Crippen molar-refractivity contribution in [2.45, 2.75) is 72.3 Å². The van der Waals surface area contributed by atoms with Crippen molar-refractivity contribution in [1.29, 1.82) is 5.26 Å². The number of carbonyl (C=O) groups is 1. The number of ether oxygens (including phenoxy) is 2. The Morgan fingerprint density at radius 2 is 2.00 bits per heavy atom. The molecule has 0 saturated heterocycles. The minimum Gasteiger partial charge on any atom is -0.492 e. The highest BCUT2D eigenvalue weighted by Gasteiger charge is 2.33. The Hall–Kier alpha value is -2.06. The summed E-state index contributed by atoms with van der Waals surface area (Å²) in [6, 6.07) is 7.29. The molecule has 0 aliphatic rings. The van der Waals surface area contributed by atoms with Gasteiger partial charge < -0.3 is 14.8 Å². The van der Waals surface area contributed by atoms with Crippen LogP contribution in [0.15, 0.2) is 18.2 Å². The fourth-order valence-corrected chi connectivity index (χ4v) is 2.63. The molecule has 1 atom stereocenters. The van der Waals surface area contributed by atoms with Crippen molar-refractivity contribution in [1.82, 2.24) is 0 Å². The monoisotopic (exact) mass is 374 g/mol. The van der Waals surface area contributed by atoms with Crippen molar-refractivity contribution in [2.75, 3.05) is 18.5 Å². The van der Waals surface area contributed by atoms with Crippen LogP contribution in [0.5, 0.6) is 5.75 Å². The van der Waals surface area contributed by atoms with Gasteiger partial charge in [-0.1, -0.05) is 47.0 Å². The third-order valence-corrected chi connectivity index (χ3v) is 4.29. The number of carbonyl (C=O) groups excluding carboxylic acids is 1. The Balaban J connectivity index is 2.89. The average molecular weight is 375 g/mol. The number of unbranched alkanes of at least 4 members (excludes halogenated alkanes) is 2. The first kappa shape index (κ1) is 23.0. The summed E-state index contributed by atoms with van der Waals surface area (Å²) in [5.41, 5.74) is 0.121. The zero-order valence-electron chi connectivity index (χ0n) is 17.4. The number of amides is 1. The molecule has 1 aromatic carbocycles. The molecular weight excluding hydrogens is 340 g/mol. The first-order valence-electron chi connectivity index (χ1n) is 9.98. The second kappa shape index (κ2) is 11.6. The van der Waals surface area contributed by atoms with Gasteiger partial charge >= 0.3 is 0 Å². The molecule has 0 radical (unpaired) electrons. The van der Waals surface area contributed by atoms with Gasteiger partial charge in [0, 0.05) is 12.3 Å². The SMILES string of the molecule is CCCCCC(C)(OCCC)C(=O)Nc1ccc(OCC(C)C)c(C#N)c1. The van der Waals surface area contributed by atoms with E-state index in [0.29, 0.717) is 42.6 Å². The normalized spacial score (nSPS) is 13.1.